The number of rotatable bonds is 9. The van der Waals surface area contributed by atoms with Crippen LogP contribution in [0.3, 0.4) is 0 Å². The number of ether oxygens (including phenoxy) is 1. The van der Waals surface area contributed by atoms with Crippen molar-refractivity contribution in [1.29, 1.82) is 0 Å². The third-order valence-electron chi connectivity index (χ3n) is 6.47. The van der Waals surface area contributed by atoms with Gasteiger partial charge in [-0.05, 0) is 26.2 Å². The minimum Gasteiger partial charge on any atom is -0.388 e. The second-order valence-electron chi connectivity index (χ2n) is 8.52. The van der Waals surface area contributed by atoms with E-state index in [1.165, 1.54) is 17.8 Å². The minimum absolute atomic E-state index is 0.00881. The molecule has 33 heavy (non-hydrogen) atoms. The van der Waals surface area contributed by atoms with E-state index in [9.17, 15) is 24.8 Å². The van der Waals surface area contributed by atoms with E-state index >= 15 is 0 Å². The van der Waals surface area contributed by atoms with Crippen LogP contribution >= 0.6 is 19.2 Å². The number of nitrogen functional groups attached to an aromatic ring is 1. The van der Waals surface area contributed by atoms with Gasteiger partial charge in [-0.1, -0.05) is 32.4 Å². The normalized spacial score (nSPS) is 27.5. The largest absolute Gasteiger partial charge is 0.388 e. The Morgan fingerprint density at radius 3 is 2.45 bits per heavy atom. The number of hydrogen-bond donors (Lipinski definition) is 5. The van der Waals surface area contributed by atoms with E-state index < -0.39 is 43.1 Å². The number of imidazole rings is 1. The molecule has 2 aromatic heterocycles. The van der Waals surface area contributed by atoms with Crippen molar-refractivity contribution in [3.63, 3.8) is 0 Å². The second-order valence-corrected chi connectivity index (χ2v) is 11.1. The second kappa shape index (κ2) is 9.35. The zero-order valence-electron chi connectivity index (χ0n) is 18.9. The lowest BCUT2D eigenvalue weighted by Crippen LogP contribution is -2.41. The SMILES string of the molecule is CCC(CC)(CC1OC(n2cnc3c(Cl)nc(N)nc32)C(O)C1O)OP(=O)(O)C(C)(O)CC. The van der Waals surface area contributed by atoms with E-state index in [-0.39, 0.29) is 35.1 Å². The van der Waals surface area contributed by atoms with Crippen LogP contribution in [0.1, 0.15) is 59.6 Å². The van der Waals surface area contributed by atoms with Crippen molar-refractivity contribution in [2.75, 3.05) is 5.73 Å². The third-order valence-corrected chi connectivity index (χ3v) is 8.90. The Labute approximate surface area is 196 Å². The van der Waals surface area contributed by atoms with Crippen molar-refractivity contribution < 1.29 is 34.0 Å². The van der Waals surface area contributed by atoms with Gasteiger partial charge in [0.15, 0.2) is 22.4 Å². The number of halogens is 1. The lowest BCUT2D eigenvalue weighted by Gasteiger charge is -2.39. The van der Waals surface area contributed by atoms with Crippen LogP contribution in [-0.2, 0) is 13.8 Å². The zero-order chi connectivity index (χ0) is 24.8. The minimum atomic E-state index is -4.45. The summed E-state index contributed by atoms with van der Waals surface area (Å²) in [5.41, 5.74) is 4.95. The number of hydrogen-bond acceptors (Lipinski definition) is 10. The smallest absolute Gasteiger partial charge is 0.359 e. The quantitative estimate of drug-likeness (QED) is 0.246. The first-order valence-electron chi connectivity index (χ1n) is 10.7. The molecule has 1 saturated heterocycles. The van der Waals surface area contributed by atoms with E-state index in [1.807, 2.05) is 0 Å². The number of nitrogens with zero attached hydrogens (tertiary/aromatic N) is 4. The number of fused-ring (bicyclic) bond motifs is 1. The summed E-state index contributed by atoms with van der Waals surface area (Å²) in [6.45, 7) is 6.36. The van der Waals surface area contributed by atoms with E-state index in [1.54, 1.807) is 20.8 Å². The van der Waals surface area contributed by atoms with Gasteiger partial charge < -0.3 is 30.7 Å². The summed E-state index contributed by atoms with van der Waals surface area (Å²) in [6, 6.07) is 0. The van der Waals surface area contributed by atoms with Crippen molar-refractivity contribution in [2.45, 2.75) is 88.9 Å². The molecule has 3 rings (SSSR count). The first kappa shape index (κ1) is 26.2. The molecule has 14 heteroatoms. The molecule has 0 spiro atoms. The molecular formula is C19H31ClN5O7P. The molecule has 0 aliphatic carbocycles. The van der Waals surface area contributed by atoms with Crippen LogP contribution in [0.5, 0.6) is 0 Å². The maximum atomic E-state index is 12.9. The van der Waals surface area contributed by atoms with Crippen LogP contribution in [0, 0.1) is 0 Å². The summed E-state index contributed by atoms with van der Waals surface area (Å²) < 4.78 is 25.9. The average molecular weight is 508 g/mol. The molecule has 1 aliphatic rings. The average Bonchev–Trinajstić information content (AvgIpc) is 3.29. The molecule has 186 valence electrons. The number of aromatic nitrogens is 4. The van der Waals surface area contributed by atoms with Crippen molar-refractivity contribution in [3.8, 4) is 0 Å². The first-order valence-corrected chi connectivity index (χ1v) is 12.7. The van der Waals surface area contributed by atoms with Gasteiger partial charge in [0, 0.05) is 6.42 Å². The fourth-order valence-electron chi connectivity index (χ4n) is 3.84. The van der Waals surface area contributed by atoms with Gasteiger partial charge in [0.2, 0.25) is 5.95 Å². The molecular weight excluding hydrogens is 477 g/mol. The summed E-state index contributed by atoms with van der Waals surface area (Å²) in [7, 11) is -4.45. The molecule has 12 nitrogen and oxygen atoms in total. The standard InChI is InChI=1S/C19H31ClN5O7P/c1-5-18(4,28)33(29,30)32-19(6-2,7-3)8-10-12(26)13(27)16(31-10)25-9-22-11-14(20)23-17(21)24-15(11)25/h9-10,12-13,16,26-28H,5-8H2,1-4H3,(H,29,30)(H2,21,23,24). The molecule has 1 fully saturated rings. The molecule has 3 heterocycles. The van der Waals surface area contributed by atoms with Crippen molar-refractivity contribution in [2.24, 2.45) is 0 Å². The summed E-state index contributed by atoms with van der Waals surface area (Å²) in [6.07, 6.45) is -2.80. The molecule has 0 radical (unpaired) electrons. The van der Waals surface area contributed by atoms with E-state index in [4.69, 9.17) is 26.6 Å². The van der Waals surface area contributed by atoms with Crippen LogP contribution in [0.2, 0.25) is 5.15 Å². The van der Waals surface area contributed by atoms with Gasteiger partial charge in [0.05, 0.1) is 18.0 Å². The number of nitrogens with two attached hydrogens (primary N) is 1. The third kappa shape index (κ3) is 4.76. The topological polar surface area (TPSA) is 186 Å². The first-order chi connectivity index (χ1) is 15.3. The van der Waals surface area contributed by atoms with Crippen molar-refractivity contribution in [1.82, 2.24) is 19.5 Å². The van der Waals surface area contributed by atoms with Crippen LogP contribution in [0.25, 0.3) is 11.2 Å². The summed E-state index contributed by atoms with van der Waals surface area (Å²) in [4.78, 5) is 22.6. The maximum absolute atomic E-state index is 12.9. The molecule has 6 unspecified atom stereocenters. The Balaban J connectivity index is 1.89. The Bertz CT molecular complexity index is 1050. The predicted octanol–water partition coefficient (Wildman–Crippen LogP) is 1.95. The van der Waals surface area contributed by atoms with Crippen molar-refractivity contribution in [3.05, 3.63) is 11.5 Å². The van der Waals surface area contributed by atoms with Gasteiger partial charge in [-0.25, -0.2) is 4.98 Å². The van der Waals surface area contributed by atoms with Gasteiger partial charge in [-0.3, -0.25) is 13.7 Å². The Kier molecular flexibility index (Phi) is 7.43. The lowest BCUT2D eigenvalue weighted by atomic mass is 9.88. The van der Waals surface area contributed by atoms with Gasteiger partial charge in [0.1, 0.15) is 17.7 Å². The summed E-state index contributed by atoms with van der Waals surface area (Å²) in [5, 5.41) is 29.9. The highest BCUT2D eigenvalue weighted by molar-refractivity contribution is 7.54. The molecule has 0 amide bonds. The fourth-order valence-corrected chi connectivity index (χ4v) is 5.52. The number of aliphatic hydroxyl groups is 3. The zero-order valence-corrected chi connectivity index (χ0v) is 20.6. The Morgan fingerprint density at radius 1 is 1.24 bits per heavy atom. The Hall–Kier alpha value is -1.37. The molecule has 0 saturated carbocycles. The van der Waals surface area contributed by atoms with Crippen LogP contribution in [0.4, 0.5) is 5.95 Å². The highest BCUT2D eigenvalue weighted by Gasteiger charge is 2.51. The van der Waals surface area contributed by atoms with Gasteiger partial charge in [0.25, 0.3) is 0 Å². The maximum Gasteiger partial charge on any atom is 0.359 e. The predicted molar refractivity (Wildman–Crippen MR) is 120 cm³/mol. The highest BCUT2D eigenvalue weighted by atomic mass is 35.5. The molecule has 0 bridgehead atoms. The van der Waals surface area contributed by atoms with Gasteiger partial charge in [-0.2, -0.15) is 9.97 Å². The van der Waals surface area contributed by atoms with Gasteiger partial charge >= 0.3 is 7.60 Å². The van der Waals surface area contributed by atoms with Crippen LogP contribution < -0.4 is 5.73 Å². The van der Waals surface area contributed by atoms with E-state index in [2.05, 4.69) is 15.0 Å². The van der Waals surface area contributed by atoms with Crippen LogP contribution in [0.15, 0.2) is 6.33 Å². The molecule has 0 aromatic carbocycles. The molecule has 2 aromatic rings. The lowest BCUT2D eigenvalue weighted by molar-refractivity contribution is -0.0753. The molecule has 6 atom stereocenters. The molecule has 1 aliphatic heterocycles. The van der Waals surface area contributed by atoms with E-state index in [0.717, 1.165) is 0 Å². The fraction of sp³-hybridized carbons (Fsp3) is 0.737. The van der Waals surface area contributed by atoms with Crippen LogP contribution in [-0.4, -0.2) is 69.0 Å². The summed E-state index contributed by atoms with van der Waals surface area (Å²) in [5.74, 6) is -0.0927. The van der Waals surface area contributed by atoms with E-state index in [0.29, 0.717) is 12.8 Å². The monoisotopic (exact) mass is 507 g/mol. The number of anilines is 1. The summed E-state index contributed by atoms with van der Waals surface area (Å²) >= 11 is 6.06. The van der Waals surface area contributed by atoms with Gasteiger partial charge in [-0.15, -0.1) is 0 Å². The number of aliphatic hydroxyl groups excluding tert-OH is 2. The van der Waals surface area contributed by atoms with Crippen molar-refractivity contribution >= 4 is 36.3 Å². The molecule has 6 N–H and O–H groups in total. The Morgan fingerprint density at radius 2 is 1.88 bits per heavy atom. The highest BCUT2D eigenvalue weighted by Crippen LogP contribution is 2.59.